The summed E-state index contributed by atoms with van der Waals surface area (Å²) >= 11 is 0. The maximum atomic E-state index is 13.0. The molecule has 2 aromatic carbocycles. The third kappa shape index (κ3) is 5.11. The Morgan fingerprint density at radius 1 is 1.06 bits per heavy atom. The van der Waals surface area contributed by atoms with Crippen molar-refractivity contribution in [3.8, 4) is 0 Å². The number of hydrogen-bond donors (Lipinski definition) is 1. The Bertz CT molecular complexity index is 1260. The second-order valence-electron chi connectivity index (χ2n) is 9.04. The molecule has 0 saturated carbocycles. The fourth-order valence-electron chi connectivity index (χ4n) is 4.68. The highest BCUT2D eigenvalue weighted by atomic mass is 32.2. The summed E-state index contributed by atoms with van der Waals surface area (Å²) < 4.78 is 38.5. The molecule has 3 heterocycles. The second kappa shape index (κ2) is 10.1. The second-order valence-corrected chi connectivity index (χ2v) is 11.0. The maximum absolute atomic E-state index is 13.0. The number of oxazole rings is 1. The number of amides is 1. The Labute approximate surface area is 205 Å². The molecule has 0 bridgehead atoms. The Morgan fingerprint density at radius 3 is 2.54 bits per heavy atom. The predicted molar refractivity (Wildman–Crippen MR) is 132 cm³/mol. The van der Waals surface area contributed by atoms with Crippen LogP contribution in [0.1, 0.15) is 31.6 Å². The fourth-order valence-corrected chi connectivity index (χ4v) is 6.14. The molecule has 1 N–H and O–H groups in total. The lowest BCUT2D eigenvalue weighted by molar-refractivity contribution is -0.121. The van der Waals surface area contributed by atoms with E-state index in [2.05, 4.69) is 15.2 Å². The van der Waals surface area contributed by atoms with E-state index in [-0.39, 0.29) is 22.8 Å². The van der Waals surface area contributed by atoms with Crippen LogP contribution in [-0.4, -0.2) is 73.9 Å². The van der Waals surface area contributed by atoms with Crippen molar-refractivity contribution in [3.63, 3.8) is 0 Å². The number of aromatic nitrogens is 1. The van der Waals surface area contributed by atoms with Crippen molar-refractivity contribution < 1.29 is 22.4 Å². The third-order valence-electron chi connectivity index (χ3n) is 6.83. The van der Waals surface area contributed by atoms with Crippen LogP contribution in [-0.2, 0) is 19.6 Å². The number of fused-ring (bicyclic) bond motifs is 1. The van der Waals surface area contributed by atoms with Gasteiger partial charge in [-0.15, -0.1) is 0 Å². The number of sulfonamides is 1. The number of ether oxygens (including phenoxy) is 1. The molecule has 1 amide bonds. The Hall–Kier alpha value is -2.79. The number of anilines is 1. The summed E-state index contributed by atoms with van der Waals surface area (Å²) in [5.74, 6) is 0.837. The third-order valence-corrected chi connectivity index (χ3v) is 8.72. The van der Waals surface area contributed by atoms with Crippen LogP contribution >= 0.6 is 0 Å². The highest BCUT2D eigenvalue weighted by Gasteiger charge is 2.30. The zero-order chi connectivity index (χ0) is 24.4. The van der Waals surface area contributed by atoms with Crippen LogP contribution in [0.15, 0.2) is 57.8 Å². The number of hydrogen-bond acceptors (Lipinski definition) is 7. The number of para-hydroxylation sites is 2. The molecule has 2 fully saturated rings. The van der Waals surface area contributed by atoms with Gasteiger partial charge in [-0.2, -0.15) is 4.31 Å². The zero-order valence-corrected chi connectivity index (χ0v) is 20.5. The summed E-state index contributed by atoms with van der Waals surface area (Å²) in [7, 11) is -3.63. The van der Waals surface area contributed by atoms with Crippen molar-refractivity contribution in [1.29, 1.82) is 0 Å². The highest BCUT2D eigenvalue weighted by molar-refractivity contribution is 7.89. The van der Waals surface area contributed by atoms with Gasteiger partial charge in [0.05, 0.1) is 24.2 Å². The first-order chi connectivity index (χ1) is 16.9. The smallest absolute Gasteiger partial charge is 0.243 e. The Kier molecular flexibility index (Phi) is 6.88. The molecule has 10 heteroatoms. The molecular weight excluding hydrogens is 468 g/mol. The van der Waals surface area contributed by atoms with Crippen molar-refractivity contribution >= 4 is 32.7 Å². The number of carbonyl (C=O) groups excluding carboxylic acids is 1. The molecule has 1 aromatic heterocycles. The van der Waals surface area contributed by atoms with Gasteiger partial charge in [-0.05, 0) is 63.2 Å². The van der Waals surface area contributed by atoms with E-state index in [0.29, 0.717) is 32.0 Å². The molecule has 0 unspecified atom stereocenters. The van der Waals surface area contributed by atoms with Crippen LogP contribution in [0.3, 0.4) is 0 Å². The minimum Gasteiger partial charge on any atom is -0.440 e. The minimum absolute atomic E-state index is 0.161. The average molecular weight is 499 g/mol. The number of benzene rings is 2. The molecule has 3 aromatic rings. The van der Waals surface area contributed by atoms with E-state index >= 15 is 0 Å². The fraction of sp³-hybridized carbons (Fsp3) is 0.440. The van der Waals surface area contributed by atoms with Gasteiger partial charge in [0.1, 0.15) is 5.52 Å². The van der Waals surface area contributed by atoms with E-state index in [4.69, 9.17) is 9.15 Å². The van der Waals surface area contributed by atoms with Gasteiger partial charge in [0.15, 0.2) is 11.5 Å². The van der Waals surface area contributed by atoms with Crippen molar-refractivity contribution in [2.24, 2.45) is 0 Å². The molecular formula is C25H30N4O5S. The van der Waals surface area contributed by atoms with Gasteiger partial charge in [0, 0.05) is 24.7 Å². The molecule has 5 rings (SSSR count). The van der Waals surface area contributed by atoms with Crippen molar-refractivity contribution in [2.75, 3.05) is 44.7 Å². The maximum Gasteiger partial charge on any atom is 0.243 e. The number of nitrogens with zero attached hydrogens (tertiary/aromatic N) is 3. The van der Waals surface area contributed by atoms with Crippen molar-refractivity contribution in [2.45, 2.75) is 36.6 Å². The number of carbonyl (C=O) groups is 1. The summed E-state index contributed by atoms with van der Waals surface area (Å²) in [5.41, 5.74) is 2.14. The molecule has 2 saturated heterocycles. The van der Waals surface area contributed by atoms with Crippen LogP contribution in [0.4, 0.5) is 5.69 Å². The van der Waals surface area contributed by atoms with Crippen LogP contribution in [0.25, 0.3) is 11.1 Å². The van der Waals surface area contributed by atoms with Gasteiger partial charge in [-0.1, -0.05) is 18.2 Å². The van der Waals surface area contributed by atoms with E-state index in [9.17, 15) is 13.2 Å². The van der Waals surface area contributed by atoms with Gasteiger partial charge in [-0.3, -0.25) is 9.69 Å². The van der Waals surface area contributed by atoms with Gasteiger partial charge in [-0.25, -0.2) is 13.4 Å². The largest absolute Gasteiger partial charge is 0.440 e. The molecule has 1 atom stereocenters. The lowest BCUT2D eigenvalue weighted by atomic mass is 9.95. The molecule has 35 heavy (non-hydrogen) atoms. The molecule has 0 radical (unpaired) electrons. The molecule has 0 spiro atoms. The van der Waals surface area contributed by atoms with E-state index in [1.807, 2.05) is 31.2 Å². The Balaban J connectivity index is 1.19. The minimum atomic E-state index is -3.63. The van der Waals surface area contributed by atoms with E-state index < -0.39 is 10.0 Å². The molecule has 2 aliphatic heterocycles. The van der Waals surface area contributed by atoms with Crippen LogP contribution in [0.5, 0.6) is 0 Å². The monoisotopic (exact) mass is 498 g/mol. The SMILES string of the molecule is C[C@@H](C(=O)Nc1cccc(S(=O)(=O)N2CCOCC2)c1)N1CCC(c2nc3ccccc3o2)CC1. The predicted octanol–water partition coefficient (Wildman–Crippen LogP) is 3.06. The quantitative estimate of drug-likeness (QED) is 0.557. The first kappa shape index (κ1) is 23.9. The van der Waals surface area contributed by atoms with Crippen LogP contribution in [0.2, 0.25) is 0 Å². The van der Waals surface area contributed by atoms with Crippen molar-refractivity contribution in [1.82, 2.24) is 14.2 Å². The number of piperidine rings is 1. The van der Waals surface area contributed by atoms with Crippen molar-refractivity contribution in [3.05, 3.63) is 54.4 Å². The first-order valence-corrected chi connectivity index (χ1v) is 13.4. The topological polar surface area (TPSA) is 105 Å². The summed E-state index contributed by atoms with van der Waals surface area (Å²) in [6, 6.07) is 13.9. The van der Waals surface area contributed by atoms with Gasteiger partial charge >= 0.3 is 0 Å². The molecule has 186 valence electrons. The molecule has 9 nitrogen and oxygen atoms in total. The number of likely N-dealkylation sites (tertiary alicyclic amines) is 1. The molecule has 0 aliphatic carbocycles. The number of nitrogens with one attached hydrogen (secondary N) is 1. The van der Waals surface area contributed by atoms with Gasteiger partial charge in [0.25, 0.3) is 0 Å². The lowest BCUT2D eigenvalue weighted by Gasteiger charge is -2.34. The first-order valence-electron chi connectivity index (χ1n) is 12.0. The number of morpholine rings is 1. The summed E-state index contributed by atoms with van der Waals surface area (Å²) in [5, 5.41) is 2.90. The summed E-state index contributed by atoms with van der Waals surface area (Å²) in [4.78, 5) is 19.9. The Morgan fingerprint density at radius 2 is 1.80 bits per heavy atom. The normalized spacial score (nSPS) is 19.6. The highest BCUT2D eigenvalue weighted by Crippen LogP contribution is 2.30. The standard InChI is InChI=1S/C25H30N4O5S/c1-18(28-11-9-19(10-12-28)25-27-22-7-2-3-8-23(22)34-25)24(30)26-20-5-4-6-21(17-20)35(31,32)29-13-15-33-16-14-29/h2-8,17-19H,9-16H2,1H3,(H,26,30)/t18-/m0/s1. The molecule has 2 aliphatic rings. The van der Waals surface area contributed by atoms with E-state index in [0.717, 1.165) is 42.9 Å². The lowest BCUT2D eigenvalue weighted by Crippen LogP contribution is -2.45. The number of rotatable bonds is 6. The zero-order valence-electron chi connectivity index (χ0n) is 19.7. The van der Waals surface area contributed by atoms with Crippen LogP contribution in [0, 0.1) is 0 Å². The van der Waals surface area contributed by atoms with Gasteiger partial charge in [0.2, 0.25) is 15.9 Å². The summed E-state index contributed by atoms with van der Waals surface area (Å²) in [6.07, 6.45) is 1.72. The average Bonchev–Trinajstić information content (AvgIpc) is 3.33. The van der Waals surface area contributed by atoms with E-state index in [1.165, 1.54) is 10.4 Å². The van der Waals surface area contributed by atoms with E-state index in [1.54, 1.807) is 18.2 Å². The summed E-state index contributed by atoms with van der Waals surface area (Å²) in [6.45, 7) is 4.81. The van der Waals surface area contributed by atoms with Gasteiger partial charge < -0.3 is 14.5 Å². The van der Waals surface area contributed by atoms with Crippen LogP contribution < -0.4 is 5.32 Å².